The highest BCUT2D eigenvalue weighted by Crippen LogP contribution is 2.47. The van der Waals surface area contributed by atoms with Gasteiger partial charge >= 0.3 is 0 Å². The lowest BCUT2D eigenvalue weighted by Gasteiger charge is -2.16. The number of benzene rings is 3. The molecule has 1 aliphatic rings. The molecule has 0 aliphatic heterocycles. The number of hydrogen-bond acceptors (Lipinski definition) is 5. The van der Waals surface area contributed by atoms with Gasteiger partial charge in [0.25, 0.3) is 0 Å². The molecule has 1 saturated carbocycles. The van der Waals surface area contributed by atoms with Gasteiger partial charge in [-0.2, -0.15) is 0 Å². The molecule has 0 saturated heterocycles. The smallest absolute Gasteiger partial charge is 0.240 e. The Morgan fingerprint density at radius 2 is 1.50 bits per heavy atom. The van der Waals surface area contributed by atoms with Crippen LogP contribution in [0.3, 0.4) is 0 Å². The van der Waals surface area contributed by atoms with Crippen molar-refractivity contribution in [1.82, 2.24) is 9.97 Å². The molecule has 0 unspecified atom stereocenters. The van der Waals surface area contributed by atoms with Gasteiger partial charge in [-0.25, -0.2) is 4.39 Å². The van der Waals surface area contributed by atoms with E-state index in [1.54, 1.807) is 30.5 Å². The Bertz CT molecular complexity index is 1730. The molecule has 40 heavy (non-hydrogen) atoms. The first-order valence-electron chi connectivity index (χ1n) is 12.9. The van der Waals surface area contributed by atoms with E-state index >= 15 is 0 Å². The van der Waals surface area contributed by atoms with Crippen molar-refractivity contribution in [3.8, 4) is 22.6 Å². The van der Waals surface area contributed by atoms with Crippen LogP contribution >= 0.6 is 0 Å². The summed E-state index contributed by atoms with van der Waals surface area (Å²) >= 11 is 0. The van der Waals surface area contributed by atoms with Crippen LogP contribution in [0.4, 0.5) is 15.8 Å². The minimum Gasteiger partial charge on any atom is -0.457 e. The van der Waals surface area contributed by atoms with Crippen molar-refractivity contribution in [2.75, 3.05) is 10.6 Å². The maximum atomic E-state index is 13.2. The molecule has 2 amide bonds. The number of amides is 2. The molecule has 3 aromatic carbocycles. The summed E-state index contributed by atoms with van der Waals surface area (Å²) in [6, 6.07) is 22.3. The van der Waals surface area contributed by atoms with Crippen molar-refractivity contribution in [2.45, 2.75) is 19.8 Å². The summed E-state index contributed by atoms with van der Waals surface area (Å²) in [5.41, 5.74) is 3.79. The Labute approximate surface area is 230 Å². The third-order valence-corrected chi connectivity index (χ3v) is 6.97. The van der Waals surface area contributed by atoms with Gasteiger partial charge in [-0.05, 0) is 104 Å². The average molecular weight is 533 g/mol. The lowest BCUT2D eigenvalue weighted by atomic mass is 10.0. The average Bonchev–Trinajstić information content (AvgIpc) is 3.78. The molecule has 6 rings (SSSR count). The number of aryl methyl sites for hydroxylation is 1. The van der Waals surface area contributed by atoms with Crippen molar-refractivity contribution >= 4 is 34.1 Å². The molecular formula is C32H25FN4O3. The van der Waals surface area contributed by atoms with E-state index in [2.05, 4.69) is 26.7 Å². The molecule has 2 aromatic heterocycles. The van der Waals surface area contributed by atoms with Gasteiger partial charge in [0, 0.05) is 40.9 Å². The quantitative estimate of drug-likeness (QED) is 0.223. The highest BCUT2D eigenvalue weighted by Gasteiger charge is 2.56. The monoisotopic (exact) mass is 532 g/mol. The molecule has 8 heteroatoms. The lowest BCUT2D eigenvalue weighted by Crippen LogP contribution is -2.35. The zero-order valence-electron chi connectivity index (χ0n) is 21.6. The van der Waals surface area contributed by atoms with Crippen molar-refractivity contribution in [2.24, 2.45) is 5.41 Å². The molecule has 2 N–H and O–H groups in total. The van der Waals surface area contributed by atoms with Gasteiger partial charge in [0.15, 0.2) is 0 Å². The van der Waals surface area contributed by atoms with Crippen LogP contribution in [-0.4, -0.2) is 21.8 Å². The normalized spacial score (nSPS) is 13.4. The highest BCUT2D eigenvalue weighted by atomic mass is 19.1. The molecule has 0 radical (unpaired) electrons. The second kappa shape index (κ2) is 10.2. The van der Waals surface area contributed by atoms with E-state index in [1.165, 1.54) is 24.3 Å². The summed E-state index contributed by atoms with van der Waals surface area (Å²) in [7, 11) is 0. The first kappa shape index (κ1) is 25.2. The molecule has 1 aliphatic carbocycles. The van der Waals surface area contributed by atoms with E-state index in [1.807, 2.05) is 43.6 Å². The Morgan fingerprint density at radius 1 is 0.825 bits per heavy atom. The van der Waals surface area contributed by atoms with Gasteiger partial charge in [-0.1, -0.05) is 6.07 Å². The molecule has 5 aromatic rings. The number of nitrogens with one attached hydrogen (secondary N) is 2. The van der Waals surface area contributed by atoms with E-state index < -0.39 is 17.1 Å². The molecule has 2 heterocycles. The van der Waals surface area contributed by atoms with Crippen LogP contribution in [0, 0.1) is 18.2 Å². The standard InChI is InChI=1S/C32H25FN4O3/c1-20-16-22(19-34-18-20)21-2-11-27-28(17-21)35-15-12-29(27)40-26-9-7-25(8-10-26)37-31(39)32(13-14-32)30(38)36-24-5-3-23(33)4-6-24/h2-12,15-19H,13-14H2,1H3,(H,36,38)(H,37,39). The summed E-state index contributed by atoms with van der Waals surface area (Å²) in [5, 5.41) is 6.41. The Kier molecular flexibility index (Phi) is 6.43. The number of pyridine rings is 2. The maximum absolute atomic E-state index is 13.2. The fourth-order valence-electron chi connectivity index (χ4n) is 4.55. The van der Waals surface area contributed by atoms with E-state index in [0.29, 0.717) is 35.7 Å². The number of nitrogens with zero attached hydrogens (tertiary/aromatic N) is 2. The van der Waals surface area contributed by atoms with Crippen LogP contribution in [0.25, 0.3) is 22.0 Å². The first-order valence-corrected chi connectivity index (χ1v) is 12.9. The zero-order chi connectivity index (χ0) is 27.7. The zero-order valence-corrected chi connectivity index (χ0v) is 21.6. The van der Waals surface area contributed by atoms with Crippen molar-refractivity contribution in [3.63, 3.8) is 0 Å². The van der Waals surface area contributed by atoms with Crippen LogP contribution in [0.1, 0.15) is 18.4 Å². The van der Waals surface area contributed by atoms with Gasteiger partial charge in [-0.15, -0.1) is 0 Å². The number of carbonyl (C=O) groups excluding carboxylic acids is 2. The summed E-state index contributed by atoms with van der Waals surface area (Å²) < 4.78 is 19.3. The number of anilines is 2. The van der Waals surface area contributed by atoms with Crippen LogP contribution in [0.15, 0.2) is 97.5 Å². The SMILES string of the molecule is Cc1cncc(-c2ccc3c(Oc4ccc(NC(=O)C5(C(=O)Nc6ccc(F)cc6)CC5)cc4)ccnc3c2)c1. The Balaban J connectivity index is 1.13. The number of rotatable bonds is 7. The lowest BCUT2D eigenvalue weighted by molar-refractivity contribution is -0.131. The van der Waals surface area contributed by atoms with Gasteiger partial charge in [0.1, 0.15) is 22.7 Å². The molecule has 1 fully saturated rings. The largest absolute Gasteiger partial charge is 0.457 e. The summed E-state index contributed by atoms with van der Waals surface area (Å²) in [5.74, 6) is 0.0765. The number of carbonyl (C=O) groups is 2. The van der Waals surface area contributed by atoms with Crippen molar-refractivity contribution in [3.05, 3.63) is 109 Å². The number of halogens is 1. The molecule has 7 nitrogen and oxygen atoms in total. The second-order valence-electron chi connectivity index (χ2n) is 9.92. The van der Waals surface area contributed by atoms with Crippen LogP contribution < -0.4 is 15.4 Å². The summed E-state index contributed by atoms with van der Waals surface area (Å²) in [6.45, 7) is 2.01. The van der Waals surface area contributed by atoms with Crippen LogP contribution in [0.2, 0.25) is 0 Å². The fraction of sp³-hybridized carbons (Fsp3) is 0.125. The number of hydrogen-bond donors (Lipinski definition) is 2. The van der Waals surface area contributed by atoms with Gasteiger partial charge in [0.05, 0.1) is 5.52 Å². The van der Waals surface area contributed by atoms with E-state index in [9.17, 15) is 14.0 Å². The fourth-order valence-corrected chi connectivity index (χ4v) is 4.55. The maximum Gasteiger partial charge on any atom is 0.240 e. The minimum atomic E-state index is -1.13. The topological polar surface area (TPSA) is 93.2 Å². The summed E-state index contributed by atoms with van der Waals surface area (Å²) in [6.07, 6.45) is 6.26. The van der Waals surface area contributed by atoms with Crippen molar-refractivity contribution < 1.29 is 18.7 Å². The van der Waals surface area contributed by atoms with Crippen LogP contribution in [0.5, 0.6) is 11.5 Å². The van der Waals surface area contributed by atoms with Crippen LogP contribution in [-0.2, 0) is 9.59 Å². The van der Waals surface area contributed by atoms with E-state index in [0.717, 1.165) is 27.6 Å². The van der Waals surface area contributed by atoms with E-state index in [4.69, 9.17) is 4.74 Å². The third kappa shape index (κ3) is 5.11. The number of fused-ring (bicyclic) bond motifs is 1. The Morgan fingerprint density at radius 3 is 2.15 bits per heavy atom. The second-order valence-corrected chi connectivity index (χ2v) is 9.92. The number of aromatic nitrogens is 2. The van der Waals surface area contributed by atoms with Gasteiger partial charge < -0.3 is 15.4 Å². The molecule has 0 spiro atoms. The summed E-state index contributed by atoms with van der Waals surface area (Å²) in [4.78, 5) is 34.6. The van der Waals surface area contributed by atoms with Gasteiger partial charge in [-0.3, -0.25) is 19.6 Å². The van der Waals surface area contributed by atoms with Crippen molar-refractivity contribution in [1.29, 1.82) is 0 Å². The molecule has 0 bridgehead atoms. The highest BCUT2D eigenvalue weighted by molar-refractivity contribution is 6.16. The van der Waals surface area contributed by atoms with E-state index in [-0.39, 0.29) is 5.91 Å². The predicted octanol–water partition coefficient (Wildman–Crippen LogP) is 6.89. The molecular weight excluding hydrogens is 507 g/mol. The third-order valence-electron chi connectivity index (χ3n) is 6.97. The first-order chi connectivity index (χ1) is 19.4. The molecule has 198 valence electrons. The molecule has 0 atom stereocenters. The van der Waals surface area contributed by atoms with Gasteiger partial charge in [0.2, 0.25) is 11.8 Å². The minimum absolute atomic E-state index is 0.375. The predicted molar refractivity (Wildman–Crippen MR) is 152 cm³/mol. The number of ether oxygens (including phenoxy) is 1. The Hall–Kier alpha value is -5.11.